The molecular weight excluding hydrogens is 258 g/mol. The van der Waals surface area contributed by atoms with Crippen molar-refractivity contribution in [2.45, 2.75) is 6.54 Å². The van der Waals surface area contributed by atoms with Gasteiger partial charge in [-0.2, -0.15) is 0 Å². The van der Waals surface area contributed by atoms with E-state index in [4.69, 9.17) is 11.6 Å². The number of rotatable bonds is 3. The zero-order chi connectivity index (χ0) is 13.1. The van der Waals surface area contributed by atoms with Crippen molar-refractivity contribution in [2.24, 2.45) is 0 Å². The number of nitrogens with zero attached hydrogens (tertiary/aromatic N) is 2. The highest BCUT2D eigenvalue weighted by Crippen LogP contribution is 2.19. The number of aromatic nitrogens is 2. The molecule has 0 saturated heterocycles. The SMILES string of the molecule is Clc1cncc(NCc2cccc3ccccc23)n1. The number of nitrogens with one attached hydrogen (secondary N) is 1. The van der Waals surface area contributed by atoms with Gasteiger partial charge in [0.25, 0.3) is 0 Å². The first-order valence-electron chi connectivity index (χ1n) is 6.01. The van der Waals surface area contributed by atoms with E-state index in [9.17, 15) is 0 Å². The molecule has 4 heteroatoms. The number of halogens is 1. The lowest BCUT2D eigenvalue weighted by atomic mass is 10.0. The van der Waals surface area contributed by atoms with Crippen LogP contribution in [0.1, 0.15) is 5.56 Å². The first-order valence-corrected chi connectivity index (χ1v) is 6.39. The van der Waals surface area contributed by atoms with Gasteiger partial charge in [0.1, 0.15) is 11.0 Å². The molecule has 0 radical (unpaired) electrons. The van der Waals surface area contributed by atoms with Crippen molar-refractivity contribution in [1.82, 2.24) is 9.97 Å². The van der Waals surface area contributed by atoms with Gasteiger partial charge in [-0.15, -0.1) is 0 Å². The normalized spacial score (nSPS) is 10.6. The van der Waals surface area contributed by atoms with Gasteiger partial charge in [0.15, 0.2) is 0 Å². The van der Waals surface area contributed by atoms with Crippen LogP contribution in [0, 0.1) is 0 Å². The van der Waals surface area contributed by atoms with Crippen molar-refractivity contribution in [2.75, 3.05) is 5.32 Å². The Balaban J connectivity index is 1.86. The van der Waals surface area contributed by atoms with Gasteiger partial charge in [0, 0.05) is 6.54 Å². The number of benzene rings is 2. The second kappa shape index (κ2) is 5.24. The molecule has 0 bridgehead atoms. The monoisotopic (exact) mass is 269 g/mol. The molecule has 2 aromatic carbocycles. The topological polar surface area (TPSA) is 37.8 Å². The molecule has 94 valence electrons. The van der Waals surface area contributed by atoms with E-state index in [1.54, 1.807) is 6.20 Å². The summed E-state index contributed by atoms with van der Waals surface area (Å²) in [5, 5.41) is 6.11. The Labute approximate surface area is 116 Å². The summed E-state index contributed by atoms with van der Waals surface area (Å²) in [6.07, 6.45) is 3.18. The third-order valence-corrected chi connectivity index (χ3v) is 3.13. The van der Waals surface area contributed by atoms with E-state index in [2.05, 4.69) is 45.6 Å². The molecule has 0 aliphatic rings. The summed E-state index contributed by atoms with van der Waals surface area (Å²) in [6.45, 7) is 0.691. The maximum Gasteiger partial charge on any atom is 0.149 e. The molecule has 3 rings (SSSR count). The zero-order valence-corrected chi connectivity index (χ0v) is 10.9. The quantitative estimate of drug-likeness (QED) is 0.784. The van der Waals surface area contributed by atoms with Crippen molar-refractivity contribution in [1.29, 1.82) is 0 Å². The van der Waals surface area contributed by atoms with Crippen molar-refractivity contribution >= 4 is 28.2 Å². The minimum Gasteiger partial charge on any atom is -0.365 e. The highest BCUT2D eigenvalue weighted by atomic mass is 35.5. The largest absolute Gasteiger partial charge is 0.365 e. The highest BCUT2D eigenvalue weighted by molar-refractivity contribution is 6.29. The summed E-state index contributed by atoms with van der Waals surface area (Å²) >= 11 is 5.81. The van der Waals surface area contributed by atoms with Gasteiger partial charge in [-0.3, -0.25) is 4.98 Å². The van der Waals surface area contributed by atoms with Crippen molar-refractivity contribution < 1.29 is 0 Å². The second-order valence-corrected chi connectivity index (χ2v) is 4.61. The van der Waals surface area contributed by atoms with Gasteiger partial charge in [-0.05, 0) is 16.3 Å². The first kappa shape index (κ1) is 11.9. The van der Waals surface area contributed by atoms with Gasteiger partial charge >= 0.3 is 0 Å². The summed E-state index contributed by atoms with van der Waals surface area (Å²) in [7, 11) is 0. The Morgan fingerprint density at radius 1 is 1.00 bits per heavy atom. The van der Waals surface area contributed by atoms with Gasteiger partial charge in [0.05, 0.1) is 12.4 Å². The number of hydrogen-bond donors (Lipinski definition) is 1. The minimum absolute atomic E-state index is 0.392. The molecule has 1 heterocycles. The fraction of sp³-hybridized carbons (Fsp3) is 0.0667. The maximum absolute atomic E-state index is 5.81. The van der Waals surface area contributed by atoms with Crippen LogP contribution in [0.3, 0.4) is 0 Å². The Bertz CT molecular complexity index is 707. The van der Waals surface area contributed by atoms with Crippen LogP contribution in [0.5, 0.6) is 0 Å². The summed E-state index contributed by atoms with van der Waals surface area (Å²) in [4.78, 5) is 8.16. The number of hydrogen-bond acceptors (Lipinski definition) is 3. The Morgan fingerprint density at radius 3 is 2.74 bits per heavy atom. The molecule has 1 N–H and O–H groups in total. The van der Waals surface area contributed by atoms with E-state index in [-0.39, 0.29) is 0 Å². The van der Waals surface area contributed by atoms with Crippen LogP contribution < -0.4 is 5.32 Å². The van der Waals surface area contributed by atoms with E-state index in [1.807, 2.05) is 12.1 Å². The molecule has 1 aromatic heterocycles. The first-order chi connectivity index (χ1) is 9.33. The maximum atomic E-state index is 5.81. The van der Waals surface area contributed by atoms with E-state index < -0.39 is 0 Å². The lowest BCUT2D eigenvalue weighted by Gasteiger charge is -2.08. The predicted molar refractivity (Wildman–Crippen MR) is 78.3 cm³/mol. The van der Waals surface area contributed by atoms with Gasteiger partial charge in [-0.25, -0.2) is 4.98 Å². The Morgan fingerprint density at radius 2 is 1.84 bits per heavy atom. The predicted octanol–water partition coefficient (Wildman–Crippen LogP) is 3.90. The molecule has 0 unspecified atom stereocenters. The highest BCUT2D eigenvalue weighted by Gasteiger charge is 2.01. The molecule has 0 atom stereocenters. The molecule has 0 aliphatic heterocycles. The third kappa shape index (κ3) is 2.66. The summed E-state index contributed by atoms with van der Waals surface area (Å²) in [6, 6.07) is 14.6. The van der Waals surface area contributed by atoms with Crippen LogP contribution in [0.2, 0.25) is 5.15 Å². The molecule has 0 spiro atoms. The van der Waals surface area contributed by atoms with Crippen LogP contribution >= 0.6 is 11.6 Å². The fourth-order valence-electron chi connectivity index (χ4n) is 2.06. The van der Waals surface area contributed by atoms with Crippen LogP contribution in [-0.2, 0) is 6.54 Å². The Kier molecular flexibility index (Phi) is 3.29. The van der Waals surface area contributed by atoms with E-state index >= 15 is 0 Å². The van der Waals surface area contributed by atoms with Crippen molar-refractivity contribution in [3.05, 3.63) is 65.6 Å². The smallest absolute Gasteiger partial charge is 0.149 e. The number of anilines is 1. The van der Waals surface area contributed by atoms with E-state index in [1.165, 1.54) is 22.5 Å². The average Bonchev–Trinajstić information content (AvgIpc) is 2.45. The van der Waals surface area contributed by atoms with Gasteiger partial charge < -0.3 is 5.32 Å². The lowest BCUT2D eigenvalue weighted by Crippen LogP contribution is -2.02. The van der Waals surface area contributed by atoms with Crippen molar-refractivity contribution in [3.63, 3.8) is 0 Å². The lowest BCUT2D eigenvalue weighted by molar-refractivity contribution is 1.10. The molecular formula is C15H12ClN3. The van der Waals surface area contributed by atoms with E-state index in [0.29, 0.717) is 17.5 Å². The fourth-order valence-corrected chi connectivity index (χ4v) is 2.21. The van der Waals surface area contributed by atoms with Gasteiger partial charge in [-0.1, -0.05) is 54.1 Å². The van der Waals surface area contributed by atoms with Crippen LogP contribution in [0.25, 0.3) is 10.8 Å². The molecule has 3 aromatic rings. The second-order valence-electron chi connectivity index (χ2n) is 4.22. The molecule has 0 fully saturated rings. The zero-order valence-electron chi connectivity index (χ0n) is 10.2. The average molecular weight is 270 g/mol. The summed E-state index contributed by atoms with van der Waals surface area (Å²) < 4.78 is 0. The number of fused-ring (bicyclic) bond motifs is 1. The summed E-state index contributed by atoms with van der Waals surface area (Å²) in [5.41, 5.74) is 1.22. The van der Waals surface area contributed by atoms with Gasteiger partial charge in [0.2, 0.25) is 0 Å². The molecule has 19 heavy (non-hydrogen) atoms. The molecule has 0 aliphatic carbocycles. The van der Waals surface area contributed by atoms with Crippen LogP contribution in [-0.4, -0.2) is 9.97 Å². The minimum atomic E-state index is 0.392. The van der Waals surface area contributed by atoms with Crippen molar-refractivity contribution in [3.8, 4) is 0 Å². The Hall–Kier alpha value is -2.13. The summed E-state index contributed by atoms with van der Waals surface area (Å²) in [5.74, 6) is 0.681. The molecule has 3 nitrogen and oxygen atoms in total. The van der Waals surface area contributed by atoms with Crippen LogP contribution in [0.4, 0.5) is 5.82 Å². The van der Waals surface area contributed by atoms with Crippen LogP contribution in [0.15, 0.2) is 54.9 Å². The van der Waals surface area contributed by atoms with E-state index in [0.717, 1.165) is 0 Å². The third-order valence-electron chi connectivity index (χ3n) is 2.95. The molecule has 0 amide bonds. The standard InChI is InChI=1S/C15H12ClN3/c16-14-9-17-10-15(19-14)18-8-12-6-3-5-11-4-1-2-7-13(11)12/h1-7,9-10H,8H2,(H,18,19). The molecule has 0 saturated carbocycles.